The fourth-order valence-electron chi connectivity index (χ4n) is 1.42. The van der Waals surface area contributed by atoms with Gasteiger partial charge < -0.3 is 0 Å². The van der Waals surface area contributed by atoms with E-state index in [4.69, 9.17) is 0 Å². The lowest BCUT2D eigenvalue weighted by Gasteiger charge is -2.15. The van der Waals surface area contributed by atoms with Crippen molar-refractivity contribution in [2.75, 3.05) is 0 Å². The van der Waals surface area contributed by atoms with E-state index < -0.39 is 0 Å². The highest BCUT2D eigenvalue weighted by Crippen LogP contribution is 2.19. The highest BCUT2D eigenvalue weighted by Gasteiger charge is 2.10. The summed E-state index contributed by atoms with van der Waals surface area (Å²) in [7, 11) is 0. The molecule has 82 valence electrons. The highest BCUT2D eigenvalue weighted by molar-refractivity contribution is 5.73. The molecule has 1 nitrogen and oxygen atoms in total. The predicted octanol–water partition coefficient (Wildman–Crippen LogP) is 3.84. The smallest absolute Gasteiger partial charge is 0.145 e. The minimum atomic E-state index is 0.415. The second-order valence-corrected chi connectivity index (χ2v) is 4.58. The Morgan fingerprint density at radius 2 is 1.79 bits per heavy atom. The van der Waals surface area contributed by atoms with Crippen LogP contribution in [0.1, 0.15) is 47.5 Å². The summed E-state index contributed by atoms with van der Waals surface area (Å²) in [6.45, 7) is 10.8. The van der Waals surface area contributed by atoms with E-state index in [-0.39, 0.29) is 0 Å². The Balaban J connectivity index is 4.45. The molecule has 0 aromatic rings. The average molecular weight is 196 g/mol. The number of aldehydes is 1. The molecule has 0 fully saturated rings. The zero-order chi connectivity index (χ0) is 11.1. The second kappa shape index (κ2) is 6.80. The summed E-state index contributed by atoms with van der Waals surface area (Å²) in [5.74, 6) is 1.52. The van der Waals surface area contributed by atoms with Crippen molar-refractivity contribution in [1.82, 2.24) is 0 Å². The molecular weight excluding hydrogens is 172 g/mol. The molecule has 0 aliphatic rings. The Bertz CT molecular complexity index is 191. The van der Waals surface area contributed by atoms with Crippen LogP contribution in [0.4, 0.5) is 0 Å². The van der Waals surface area contributed by atoms with Crippen LogP contribution in [0.25, 0.3) is 0 Å². The Labute approximate surface area is 88.6 Å². The van der Waals surface area contributed by atoms with E-state index >= 15 is 0 Å². The summed E-state index contributed by atoms with van der Waals surface area (Å²) in [6.07, 6.45) is 5.41. The van der Waals surface area contributed by atoms with Gasteiger partial charge in [0.15, 0.2) is 0 Å². The van der Waals surface area contributed by atoms with Gasteiger partial charge in [-0.05, 0) is 29.7 Å². The number of allylic oxidation sites excluding steroid dienone is 2. The van der Waals surface area contributed by atoms with Crippen molar-refractivity contribution < 1.29 is 4.79 Å². The van der Waals surface area contributed by atoms with Crippen molar-refractivity contribution in [3.8, 4) is 0 Å². The molecular formula is C13H24O. The molecule has 0 radical (unpaired) electrons. The molecule has 14 heavy (non-hydrogen) atoms. The summed E-state index contributed by atoms with van der Waals surface area (Å²) < 4.78 is 0. The fraction of sp³-hybridized carbons (Fsp3) is 0.769. The Morgan fingerprint density at radius 1 is 1.21 bits per heavy atom. The standard InChI is InChI=1S/C13H24O/c1-6-7-11(4)13(9-14)8-12(5)10(2)3/h8-12H,6-7H2,1-5H3. The summed E-state index contributed by atoms with van der Waals surface area (Å²) in [5, 5.41) is 0. The summed E-state index contributed by atoms with van der Waals surface area (Å²) in [5.41, 5.74) is 0.980. The zero-order valence-corrected chi connectivity index (χ0v) is 10.2. The summed E-state index contributed by atoms with van der Waals surface area (Å²) >= 11 is 0. The molecule has 0 bridgehead atoms. The van der Waals surface area contributed by atoms with Crippen LogP contribution in [0.3, 0.4) is 0 Å². The third-order valence-electron chi connectivity index (χ3n) is 2.93. The first-order chi connectivity index (χ1) is 6.52. The molecule has 0 aromatic carbocycles. The van der Waals surface area contributed by atoms with Gasteiger partial charge in [0.05, 0.1) is 0 Å². The van der Waals surface area contributed by atoms with Gasteiger partial charge >= 0.3 is 0 Å². The maximum Gasteiger partial charge on any atom is 0.145 e. The SMILES string of the molecule is CCCC(C)C(C=O)=CC(C)C(C)C. The monoisotopic (exact) mass is 196 g/mol. The van der Waals surface area contributed by atoms with E-state index in [9.17, 15) is 4.79 Å². The molecule has 0 aliphatic carbocycles. The second-order valence-electron chi connectivity index (χ2n) is 4.58. The van der Waals surface area contributed by atoms with Gasteiger partial charge in [0.25, 0.3) is 0 Å². The van der Waals surface area contributed by atoms with E-state index in [2.05, 4.69) is 40.7 Å². The molecule has 0 aliphatic heterocycles. The number of carbonyl (C=O) groups excluding carboxylic acids is 1. The molecule has 0 spiro atoms. The number of hydrogen-bond donors (Lipinski definition) is 0. The Kier molecular flexibility index (Phi) is 6.52. The number of hydrogen-bond acceptors (Lipinski definition) is 1. The van der Waals surface area contributed by atoms with Gasteiger partial charge in [0.2, 0.25) is 0 Å². The molecule has 0 rings (SSSR count). The maximum absolute atomic E-state index is 10.9. The van der Waals surface area contributed by atoms with Crippen molar-refractivity contribution in [2.45, 2.75) is 47.5 Å². The lowest BCUT2D eigenvalue weighted by atomic mass is 9.90. The molecule has 2 atom stereocenters. The van der Waals surface area contributed by atoms with E-state index in [0.717, 1.165) is 24.7 Å². The summed E-state index contributed by atoms with van der Waals surface area (Å²) in [4.78, 5) is 10.9. The van der Waals surface area contributed by atoms with Gasteiger partial charge in [0.1, 0.15) is 6.29 Å². The minimum absolute atomic E-state index is 0.415. The average Bonchev–Trinajstić information content (AvgIpc) is 2.13. The predicted molar refractivity (Wildman–Crippen MR) is 62.2 cm³/mol. The van der Waals surface area contributed by atoms with Gasteiger partial charge in [-0.2, -0.15) is 0 Å². The highest BCUT2D eigenvalue weighted by atomic mass is 16.1. The largest absolute Gasteiger partial charge is 0.298 e. The van der Waals surface area contributed by atoms with E-state index in [1.54, 1.807) is 0 Å². The normalized spacial score (nSPS) is 16.9. The van der Waals surface area contributed by atoms with Crippen LogP contribution in [0, 0.1) is 17.8 Å². The molecule has 1 heteroatoms. The van der Waals surface area contributed by atoms with Crippen LogP contribution in [-0.4, -0.2) is 6.29 Å². The number of carbonyl (C=O) groups is 1. The maximum atomic E-state index is 10.9. The summed E-state index contributed by atoms with van der Waals surface area (Å²) in [6, 6.07) is 0. The first-order valence-corrected chi connectivity index (χ1v) is 5.69. The van der Waals surface area contributed by atoms with Gasteiger partial charge in [0, 0.05) is 0 Å². The van der Waals surface area contributed by atoms with Crippen LogP contribution in [0.2, 0.25) is 0 Å². The zero-order valence-electron chi connectivity index (χ0n) is 10.2. The molecule has 0 aromatic heterocycles. The van der Waals surface area contributed by atoms with Crippen LogP contribution in [-0.2, 0) is 4.79 Å². The Hall–Kier alpha value is -0.590. The number of rotatable bonds is 6. The van der Waals surface area contributed by atoms with Gasteiger partial charge in [-0.15, -0.1) is 0 Å². The molecule has 0 saturated heterocycles. The molecule has 0 saturated carbocycles. The third-order valence-corrected chi connectivity index (χ3v) is 2.93. The van der Waals surface area contributed by atoms with Crippen LogP contribution >= 0.6 is 0 Å². The van der Waals surface area contributed by atoms with Gasteiger partial charge in [-0.25, -0.2) is 0 Å². The molecule has 0 amide bonds. The van der Waals surface area contributed by atoms with Crippen LogP contribution in [0.15, 0.2) is 11.6 Å². The van der Waals surface area contributed by atoms with Crippen molar-refractivity contribution >= 4 is 6.29 Å². The topological polar surface area (TPSA) is 17.1 Å². The lowest BCUT2D eigenvalue weighted by molar-refractivity contribution is -0.105. The van der Waals surface area contributed by atoms with Crippen molar-refractivity contribution in [3.63, 3.8) is 0 Å². The fourth-order valence-corrected chi connectivity index (χ4v) is 1.42. The quantitative estimate of drug-likeness (QED) is 0.466. The molecule has 2 unspecified atom stereocenters. The van der Waals surface area contributed by atoms with Gasteiger partial charge in [-0.3, -0.25) is 4.79 Å². The van der Waals surface area contributed by atoms with Crippen molar-refractivity contribution in [1.29, 1.82) is 0 Å². The third kappa shape index (κ3) is 4.59. The lowest BCUT2D eigenvalue weighted by Crippen LogP contribution is -2.06. The van der Waals surface area contributed by atoms with Crippen molar-refractivity contribution in [3.05, 3.63) is 11.6 Å². The van der Waals surface area contributed by atoms with Crippen LogP contribution in [0.5, 0.6) is 0 Å². The first-order valence-electron chi connectivity index (χ1n) is 5.69. The van der Waals surface area contributed by atoms with Crippen LogP contribution < -0.4 is 0 Å². The van der Waals surface area contributed by atoms with Crippen molar-refractivity contribution in [2.24, 2.45) is 17.8 Å². The van der Waals surface area contributed by atoms with Gasteiger partial charge in [-0.1, -0.05) is 47.1 Å². The molecule has 0 N–H and O–H groups in total. The van der Waals surface area contributed by atoms with E-state index in [1.165, 1.54) is 0 Å². The first kappa shape index (κ1) is 13.4. The minimum Gasteiger partial charge on any atom is -0.298 e. The van der Waals surface area contributed by atoms with E-state index in [0.29, 0.717) is 17.8 Å². The Morgan fingerprint density at radius 3 is 2.14 bits per heavy atom. The molecule has 0 heterocycles. The van der Waals surface area contributed by atoms with E-state index in [1.807, 2.05) is 0 Å².